The van der Waals surface area contributed by atoms with Crippen LogP contribution >= 0.6 is 23.2 Å². The number of amides is 1. The van der Waals surface area contributed by atoms with E-state index in [4.69, 9.17) is 43.1 Å². The second kappa shape index (κ2) is 8.22. The molecule has 106 valence electrons. The fourth-order valence-corrected chi connectivity index (χ4v) is 2.04. The molecule has 0 saturated heterocycles. The standard InChI is InChI=1S/C12H15Cl2NO4/c1-17-7-18-5-4-11(19-12(15)16)9-3-2-8(13)6-10(9)14/h2-3,6,11H,4-5,7H2,1H3,(H2,15,16)/t11-/m0/s1. The van der Waals surface area contributed by atoms with Gasteiger partial charge in [-0.2, -0.15) is 0 Å². The van der Waals surface area contributed by atoms with Crippen molar-refractivity contribution in [2.24, 2.45) is 5.73 Å². The van der Waals surface area contributed by atoms with Crippen LogP contribution in [0.2, 0.25) is 10.0 Å². The van der Waals surface area contributed by atoms with Crippen LogP contribution in [0.3, 0.4) is 0 Å². The highest BCUT2D eigenvalue weighted by molar-refractivity contribution is 6.35. The minimum absolute atomic E-state index is 0.164. The molecule has 0 aliphatic carbocycles. The van der Waals surface area contributed by atoms with Crippen LogP contribution in [0.5, 0.6) is 0 Å². The van der Waals surface area contributed by atoms with Crippen LogP contribution in [0, 0.1) is 0 Å². The van der Waals surface area contributed by atoms with Crippen LogP contribution in [0.15, 0.2) is 18.2 Å². The zero-order valence-electron chi connectivity index (χ0n) is 10.4. The Bertz CT molecular complexity index is 428. The Balaban J connectivity index is 2.74. The molecular formula is C12H15Cl2NO4. The number of methoxy groups -OCH3 is 1. The molecule has 0 saturated carbocycles. The Labute approximate surface area is 121 Å². The molecule has 1 atom stereocenters. The van der Waals surface area contributed by atoms with E-state index in [1.165, 1.54) is 7.11 Å². The fourth-order valence-electron chi connectivity index (χ4n) is 1.51. The van der Waals surface area contributed by atoms with Gasteiger partial charge in [0.1, 0.15) is 12.9 Å². The summed E-state index contributed by atoms with van der Waals surface area (Å²) in [6.45, 7) is 0.502. The molecular weight excluding hydrogens is 293 g/mol. The molecule has 1 amide bonds. The van der Waals surface area contributed by atoms with Gasteiger partial charge >= 0.3 is 6.09 Å². The Kier molecular flexibility index (Phi) is 6.94. The van der Waals surface area contributed by atoms with E-state index in [2.05, 4.69) is 0 Å². The lowest BCUT2D eigenvalue weighted by Gasteiger charge is -2.18. The van der Waals surface area contributed by atoms with Crippen LogP contribution < -0.4 is 5.73 Å². The average Bonchev–Trinajstić information content (AvgIpc) is 2.33. The molecule has 0 bridgehead atoms. The van der Waals surface area contributed by atoms with Gasteiger partial charge in [-0.15, -0.1) is 0 Å². The Hall–Kier alpha value is -1.01. The first-order valence-corrected chi connectivity index (χ1v) is 6.28. The number of benzene rings is 1. The van der Waals surface area contributed by atoms with Gasteiger partial charge in [0, 0.05) is 29.1 Å². The first-order valence-electron chi connectivity index (χ1n) is 5.52. The highest BCUT2D eigenvalue weighted by atomic mass is 35.5. The van der Waals surface area contributed by atoms with E-state index in [1.807, 2.05) is 0 Å². The average molecular weight is 308 g/mol. The summed E-state index contributed by atoms with van der Waals surface area (Å²) < 4.78 is 14.9. The number of ether oxygens (including phenoxy) is 3. The summed E-state index contributed by atoms with van der Waals surface area (Å²) in [5.41, 5.74) is 5.68. The highest BCUT2D eigenvalue weighted by Crippen LogP contribution is 2.30. The number of primary amides is 1. The molecule has 0 spiro atoms. The van der Waals surface area contributed by atoms with Crippen LogP contribution in [-0.2, 0) is 14.2 Å². The minimum Gasteiger partial charge on any atom is -0.441 e. The number of rotatable bonds is 7. The van der Waals surface area contributed by atoms with Crippen molar-refractivity contribution in [2.45, 2.75) is 12.5 Å². The third kappa shape index (κ3) is 5.65. The minimum atomic E-state index is -0.872. The number of carbonyl (C=O) groups excluding carboxylic acids is 1. The van der Waals surface area contributed by atoms with Crippen molar-refractivity contribution >= 4 is 29.3 Å². The van der Waals surface area contributed by atoms with E-state index in [1.54, 1.807) is 18.2 Å². The molecule has 7 heteroatoms. The Morgan fingerprint density at radius 1 is 1.42 bits per heavy atom. The van der Waals surface area contributed by atoms with Gasteiger partial charge in [0.15, 0.2) is 0 Å². The van der Waals surface area contributed by atoms with Crippen LogP contribution in [-0.4, -0.2) is 26.6 Å². The summed E-state index contributed by atoms with van der Waals surface area (Å²) in [6.07, 6.45) is -1.05. The largest absolute Gasteiger partial charge is 0.441 e. The van der Waals surface area contributed by atoms with Crippen molar-refractivity contribution < 1.29 is 19.0 Å². The van der Waals surface area contributed by atoms with Crippen LogP contribution in [0.4, 0.5) is 4.79 Å². The lowest BCUT2D eigenvalue weighted by Crippen LogP contribution is -2.19. The summed E-state index contributed by atoms with van der Waals surface area (Å²) >= 11 is 11.9. The van der Waals surface area contributed by atoms with Gasteiger partial charge in [-0.25, -0.2) is 4.79 Å². The van der Waals surface area contributed by atoms with E-state index in [9.17, 15) is 4.79 Å². The summed E-state index contributed by atoms with van der Waals surface area (Å²) in [7, 11) is 1.52. The molecule has 0 aromatic heterocycles. The third-order valence-electron chi connectivity index (χ3n) is 2.29. The SMILES string of the molecule is COCOCC[C@H](OC(N)=O)c1ccc(Cl)cc1Cl. The number of halogens is 2. The number of hydrogen-bond acceptors (Lipinski definition) is 4. The van der Waals surface area contributed by atoms with Crippen LogP contribution in [0.1, 0.15) is 18.1 Å². The number of carbonyl (C=O) groups is 1. The molecule has 1 aromatic carbocycles. The second-order valence-corrected chi connectivity index (χ2v) is 4.54. The molecule has 1 rings (SSSR count). The summed E-state index contributed by atoms with van der Waals surface area (Å²) in [6, 6.07) is 4.93. The van der Waals surface area contributed by atoms with Crippen molar-refractivity contribution in [3.05, 3.63) is 33.8 Å². The molecule has 0 radical (unpaired) electrons. The van der Waals surface area contributed by atoms with Gasteiger partial charge in [-0.1, -0.05) is 29.3 Å². The quantitative estimate of drug-likeness (QED) is 0.620. The van der Waals surface area contributed by atoms with E-state index >= 15 is 0 Å². The molecule has 0 aliphatic rings. The monoisotopic (exact) mass is 307 g/mol. The maximum atomic E-state index is 10.9. The number of hydrogen-bond donors (Lipinski definition) is 1. The maximum Gasteiger partial charge on any atom is 0.405 e. The first kappa shape index (κ1) is 16.0. The van der Waals surface area contributed by atoms with Crippen LogP contribution in [0.25, 0.3) is 0 Å². The molecule has 2 N–H and O–H groups in total. The summed E-state index contributed by atoms with van der Waals surface area (Å²) in [5, 5.41) is 0.910. The lowest BCUT2D eigenvalue weighted by atomic mass is 10.1. The highest BCUT2D eigenvalue weighted by Gasteiger charge is 2.18. The van der Waals surface area contributed by atoms with Crippen molar-refractivity contribution in [3.8, 4) is 0 Å². The van der Waals surface area contributed by atoms with Gasteiger partial charge in [0.05, 0.1) is 6.61 Å². The van der Waals surface area contributed by atoms with Gasteiger partial charge in [0.2, 0.25) is 0 Å². The van der Waals surface area contributed by atoms with Gasteiger partial charge in [-0.05, 0) is 12.1 Å². The predicted molar refractivity (Wildman–Crippen MR) is 72.3 cm³/mol. The van der Waals surface area contributed by atoms with Crippen molar-refractivity contribution in [3.63, 3.8) is 0 Å². The first-order chi connectivity index (χ1) is 9.04. The fraction of sp³-hybridized carbons (Fsp3) is 0.417. The summed E-state index contributed by atoms with van der Waals surface area (Å²) in [5.74, 6) is 0. The third-order valence-corrected chi connectivity index (χ3v) is 2.86. The number of nitrogens with two attached hydrogens (primary N) is 1. The Morgan fingerprint density at radius 3 is 2.74 bits per heavy atom. The van der Waals surface area contributed by atoms with Crippen molar-refractivity contribution in [1.29, 1.82) is 0 Å². The summed E-state index contributed by atoms with van der Waals surface area (Å²) in [4.78, 5) is 10.9. The molecule has 0 aliphatic heterocycles. The maximum absolute atomic E-state index is 10.9. The smallest absolute Gasteiger partial charge is 0.405 e. The van der Waals surface area contributed by atoms with Crippen molar-refractivity contribution in [1.82, 2.24) is 0 Å². The van der Waals surface area contributed by atoms with Gasteiger partial charge < -0.3 is 19.9 Å². The van der Waals surface area contributed by atoms with Crippen molar-refractivity contribution in [2.75, 3.05) is 20.5 Å². The Morgan fingerprint density at radius 2 is 2.16 bits per heavy atom. The zero-order chi connectivity index (χ0) is 14.3. The van der Waals surface area contributed by atoms with Gasteiger partial charge in [-0.3, -0.25) is 0 Å². The molecule has 0 unspecified atom stereocenters. The van der Waals surface area contributed by atoms with E-state index in [0.717, 1.165) is 0 Å². The van der Waals surface area contributed by atoms with E-state index < -0.39 is 12.2 Å². The predicted octanol–water partition coefficient (Wildman–Crippen LogP) is 3.14. The van der Waals surface area contributed by atoms with Gasteiger partial charge in [0.25, 0.3) is 0 Å². The molecule has 19 heavy (non-hydrogen) atoms. The zero-order valence-corrected chi connectivity index (χ0v) is 11.9. The molecule has 1 aromatic rings. The topological polar surface area (TPSA) is 70.8 Å². The normalized spacial score (nSPS) is 12.2. The molecule has 0 heterocycles. The second-order valence-electron chi connectivity index (χ2n) is 3.69. The molecule has 0 fully saturated rings. The molecule has 5 nitrogen and oxygen atoms in total. The van der Waals surface area contributed by atoms with E-state index in [0.29, 0.717) is 28.6 Å². The van der Waals surface area contributed by atoms with E-state index in [-0.39, 0.29) is 6.79 Å². The lowest BCUT2D eigenvalue weighted by molar-refractivity contribution is -0.0407.